The molecule has 0 aliphatic carbocycles. The lowest BCUT2D eigenvalue weighted by molar-refractivity contribution is -0.120. The van der Waals surface area contributed by atoms with Crippen molar-refractivity contribution >= 4 is 17.7 Å². The highest BCUT2D eigenvalue weighted by molar-refractivity contribution is 7.98. The number of hydrogen-bond acceptors (Lipinski definition) is 3. The number of benzene rings is 2. The highest BCUT2D eigenvalue weighted by Gasteiger charge is 2.14. The molecule has 2 aromatic carbocycles. The van der Waals surface area contributed by atoms with Crippen LogP contribution in [0.4, 0.5) is 0 Å². The lowest BCUT2D eigenvalue weighted by Gasteiger charge is -2.09. The van der Waals surface area contributed by atoms with Gasteiger partial charge in [0.2, 0.25) is 5.91 Å². The SMILES string of the molecule is Cc1ccccc1CSCCNC(=O)Cc1ccc(CC2CCNC2)cc1. The van der Waals surface area contributed by atoms with E-state index < -0.39 is 0 Å². The maximum atomic E-state index is 12.1. The van der Waals surface area contributed by atoms with Gasteiger partial charge >= 0.3 is 0 Å². The summed E-state index contributed by atoms with van der Waals surface area (Å²) < 4.78 is 0. The van der Waals surface area contributed by atoms with E-state index in [1.807, 2.05) is 11.8 Å². The van der Waals surface area contributed by atoms with Gasteiger partial charge in [-0.2, -0.15) is 11.8 Å². The van der Waals surface area contributed by atoms with Gasteiger partial charge in [-0.1, -0.05) is 48.5 Å². The summed E-state index contributed by atoms with van der Waals surface area (Å²) in [6.07, 6.45) is 2.87. The molecule has 1 saturated heterocycles. The molecule has 1 amide bonds. The van der Waals surface area contributed by atoms with Crippen molar-refractivity contribution in [3.63, 3.8) is 0 Å². The van der Waals surface area contributed by atoms with E-state index in [9.17, 15) is 4.79 Å². The average Bonchev–Trinajstić information content (AvgIpc) is 3.17. The highest BCUT2D eigenvalue weighted by atomic mass is 32.2. The predicted octanol–water partition coefficient (Wildman–Crippen LogP) is 3.74. The summed E-state index contributed by atoms with van der Waals surface area (Å²) in [4.78, 5) is 12.1. The molecule has 0 aromatic heterocycles. The smallest absolute Gasteiger partial charge is 0.224 e. The molecule has 3 nitrogen and oxygen atoms in total. The molecule has 4 heteroatoms. The van der Waals surface area contributed by atoms with Crippen molar-refractivity contribution in [2.24, 2.45) is 5.92 Å². The number of nitrogens with one attached hydrogen (secondary N) is 2. The Kier molecular flexibility index (Phi) is 7.79. The molecule has 1 aliphatic rings. The molecule has 27 heavy (non-hydrogen) atoms. The third kappa shape index (κ3) is 6.71. The summed E-state index contributed by atoms with van der Waals surface area (Å²) in [5.74, 6) is 2.81. The van der Waals surface area contributed by atoms with Crippen LogP contribution in [0.1, 0.15) is 28.7 Å². The Labute approximate surface area is 167 Å². The van der Waals surface area contributed by atoms with E-state index in [0.717, 1.165) is 49.0 Å². The molecular weight excluding hydrogens is 352 g/mol. The van der Waals surface area contributed by atoms with Crippen molar-refractivity contribution in [1.82, 2.24) is 10.6 Å². The molecule has 2 N–H and O–H groups in total. The van der Waals surface area contributed by atoms with E-state index in [4.69, 9.17) is 0 Å². The number of amides is 1. The molecule has 2 aromatic rings. The number of carbonyl (C=O) groups is 1. The van der Waals surface area contributed by atoms with E-state index in [1.165, 1.54) is 23.1 Å². The first-order chi connectivity index (χ1) is 13.2. The van der Waals surface area contributed by atoms with Gasteiger partial charge in [-0.25, -0.2) is 0 Å². The molecule has 0 radical (unpaired) electrons. The third-order valence-corrected chi connectivity index (χ3v) is 6.17. The van der Waals surface area contributed by atoms with Gasteiger partial charge in [-0.15, -0.1) is 0 Å². The van der Waals surface area contributed by atoms with Crippen molar-refractivity contribution in [2.45, 2.75) is 31.9 Å². The predicted molar refractivity (Wildman–Crippen MR) is 115 cm³/mol. The maximum Gasteiger partial charge on any atom is 0.224 e. The van der Waals surface area contributed by atoms with Crippen LogP contribution in [-0.2, 0) is 23.4 Å². The molecule has 1 aliphatic heterocycles. The van der Waals surface area contributed by atoms with Crippen molar-refractivity contribution in [2.75, 3.05) is 25.4 Å². The van der Waals surface area contributed by atoms with E-state index >= 15 is 0 Å². The summed E-state index contributed by atoms with van der Waals surface area (Å²) in [6, 6.07) is 17.0. The minimum atomic E-state index is 0.110. The first kappa shape index (κ1) is 20.0. The van der Waals surface area contributed by atoms with Gasteiger partial charge in [0.15, 0.2) is 0 Å². The number of thioether (sulfide) groups is 1. The summed E-state index contributed by atoms with van der Waals surface area (Å²) in [7, 11) is 0. The van der Waals surface area contributed by atoms with E-state index in [0.29, 0.717) is 6.42 Å². The van der Waals surface area contributed by atoms with Crippen LogP contribution in [-0.4, -0.2) is 31.3 Å². The standard InChI is InChI=1S/C23H30N2OS/c1-18-4-2-3-5-22(18)17-27-13-12-25-23(26)15-20-8-6-19(7-9-20)14-21-10-11-24-16-21/h2-9,21,24H,10-17H2,1H3,(H,25,26). The minimum absolute atomic E-state index is 0.110. The molecule has 0 saturated carbocycles. The van der Waals surface area contributed by atoms with Crippen LogP contribution in [0.25, 0.3) is 0 Å². The molecule has 3 rings (SSSR count). The van der Waals surface area contributed by atoms with Crippen molar-refractivity contribution in [3.8, 4) is 0 Å². The lowest BCUT2D eigenvalue weighted by Crippen LogP contribution is -2.27. The van der Waals surface area contributed by atoms with E-state index in [1.54, 1.807) is 0 Å². The normalized spacial score (nSPS) is 16.4. The van der Waals surface area contributed by atoms with Gasteiger partial charge in [-0.05, 0) is 61.0 Å². The quantitative estimate of drug-likeness (QED) is 0.649. The number of aryl methyl sites for hydroxylation is 1. The number of rotatable bonds is 9. The van der Waals surface area contributed by atoms with E-state index in [-0.39, 0.29) is 5.91 Å². The molecule has 144 valence electrons. The summed E-state index contributed by atoms with van der Waals surface area (Å²) in [6.45, 7) is 5.15. The first-order valence-corrected chi connectivity index (χ1v) is 11.0. The summed E-state index contributed by atoms with van der Waals surface area (Å²) in [5.41, 5.74) is 5.18. The second-order valence-corrected chi connectivity index (χ2v) is 8.49. The largest absolute Gasteiger partial charge is 0.355 e. The number of hydrogen-bond donors (Lipinski definition) is 2. The van der Waals surface area contributed by atoms with Crippen LogP contribution in [0.3, 0.4) is 0 Å². The van der Waals surface area contributed by atoms with Crippen LogP contribution in [0.2, 0.25) is 0 Å². The Balaban J connectivity index is 1.32. The Bertz CT molecular complexity index is 723. The van der Waals surface area contributed by atoms with Crippen LogP contribution in [0.5, 0.6) is 0 Å². The van der Waals surface area contributed by atoms with Crippen molar-refractivity contribution in [1.29, 1.82) is 0 Å². The Hall–Kier alpha value is -1.78. The summed E-state index contributed by atoms with van der Waals surface area (Å²) in [5, 5.41) is 6.45. The zero-order valence-electron chi connectivity index (χ0n) is 16.2. The molecular formula is C23H30N2OS. The van der Waals surface area contributed by atoms with Crippen LogP contribution >= 0.6 is 11.8 Å². The Morgan fingerprint density at radius 1 is 1.15 bits per heavy atom. The van der Waals surface area contributed by atoms with Gasteiger partial charge in [0.25, 0.3) is 0 Å². The van der Waals surface area contributed by atoms with Crippen LogP contribution < -0.4 is 10.6 Å². The Morgan fingerprint density at radius 2 is 1.93 bits per heavy atom. The van der Waals surface area contributed by atoms with Gasteiger partial charge in [-0.3, -0.25) is 4.79 Å². The van der Waals surface area contributed by atoms with Crippen molar-refractivity contribution < 1.29 is 4.79 Å². The van der Waals surface area contributed by atoms with E-state index in [2.05, 4.69) is 66.1 Å². The highest BCUT2D eigenvalue weighted by Crippen LogP contribution is 2.16. The zero-order valence-corrected chi connectivity index (χ0v) is 17.0. The lowest BCUT2D eigenvalue weighted by atomic mass is 9.97. The minimum Gasteiger partial charge on any atom is -0.355 e. The monoisotopic (exact) mass is 382 g/mol. The van der Waals surface area contributed by atoms with Gasteiger partial charge < -0.3 is 10.6 Å². The van der Waals surface area contributed by atoms with Crippen LogP contribution in [0, 0.1) is 12.8 Å². The van der Waals surface area contributed by atoms with Gasteiger partial charge in [0.1, 0.15) is 0 Å². The van der Waals surface area contributed by atoms with Gasteiger partial charge in [0, 0.05) is 18.1 Å². The fraction of sp³-hybridized carbons (Fsp3) is 0.435. The molecule has 0 bridgehead atoms. The topological polar surface area (TPSA) is 41.1 Å². The molecule has 1 heterocycles. The first-order valence-electron chi connectivity index (χ1n) is 9.88. The maximum absolute atomic E-state index is 12.1. The second kappa shape index (κ2) is 10.5. The number of carbonyl (C=O) groups excluding carboxylic acids is 1. The molecule has 1 fully saturated rings. The average molecular weight is 383 g/mol. The third-order valence-electron chi connectivity index (χ3n) is 5.16. The second-order valence-electron chi connectivity index (χ2n) is 7.39. The molecule has 1 unspecified atom stereocenters. The fourth-order valence-electron chi connectivity index (χ4n) is 3.48. The molecule has 0 spiro atoms. The zero-order chi connectivity index (χ0) is 18.9. The summed E-state index contributed by atoms with van der Waals surface area (Å²) >= 11 is 1.87. The fourth-order valence-corrected chi connectivity index (χ4v) is 4.41. The van der Waals surface area contributed by atoms with Crippen molar-refractivity contribution in [3.05, 3.63) is 70.8 Å². The van der Waals surface area contributed by atoms with Gasteiger partial charge in [0.05, 0.1) is 6.42 Å². The van der Waals surface area contributed by atoms with Crippen LogP contribution in [0.15, 0.2) is 48.5 Å². The molecule has 1 atom stereocenters. The Morgan fingerprint density at radius 3 is 2.67 bits per heavy atom.